The van der Waals surface area contributed by atoms with E-state index in [0.717, 1.165) is 10.9 Å². The topological polar surface area (TPSA) is 30.0 Å². The van der Waals surface area contributed by atoms with Gasteiger partial charge < -0.3 is 0 Å². The van der Waals surface area contributed by atoms with E-state index < -0.39 is 5.82 Å². The summed E-state index contributed by atoms with van der Waals surface area (Å²) in [6.45, 7) is 0. The van der Waals surface area contributed by atoms with Gasteiger partial charge in [0, 0.05) is 11.8 Å². The van der Waals surface area contributed by atoms with Gasteiger partial charge >= 0.3 is 0 Å². The van der Waals surface area contributed by atoms with Crippen molar-refractivity contribution < 1.29 is 9.18 Å². The van der Waals surface area contributed by atoms with E-state index in [2.05, 4.69) is 4.98 Å². The van der Waals surface area contributed by atoms with Gasteiger partial charge in [0.15, 0.2) is 5.78 Å². The minimum atomic E-state index is -0.520. The van der Waals surface area contributed by atoms with Crippen molar-refractivity contribution in [3.63, 3.8) is 0 Å². The number of carbonyl (C=O) groups is 1. The molecular formula is C17H11ClFNO. The molecule has 0 fully saturated rings. The van der Waals surface area contributed by atoms with Crippen LogP contribution in [0.15, 0.2) is 54.6 Å². The molecule has 0 radical (unpaired) electrons. The predicted molar refractivity (Wildman–Crippen MR) is 81.2 cm³/mol. The molecule has 4 heteroatoms. The predicted octanol–water partition coefficient (Wildman–Crippen LogP) is 4.45. The van der Waals surface area contributed by atoms with Gasteiger partial charge in [0.25, 0.3) is 0 Å². The lowest BCUT2D eigenvalue weighted by Gasteiger charge is -2.05. The number of pyridine rings is 1. The Morgan fingerprint density at radius 3 is 2.71 bits per heavy atom. The number of hydrogen-bond acceptors (Lipinski definition) is 2. The highest BCUT2D eigenvalue weighted by molar-refractivity contribution is 6.31. The van der Waals surface area contributed by atoms with Crippen LogP contribution in [0.4, 0.5) is 4.39 Å². The number of fused-ring (bicyclic) bond motifs is 1. The number of halogens is 2. The Kier molecular flexibility index (Phi) is 3.67. The maximum atomic E-state index is 13.4. The minimum Gasteiger partial charge on any atom is -0.292 e. The first-order valence-corrected chi connectivity index (χ1v) is 6.85. The Bertz CT molecular complexity index is 832. The van der Waals surface area contributed by atoms with E-state index in [1.807, 2.05) is 30.3 Å². The van der Waals surface area contributed by atoms with Crippen molar-refractivity contribution in [2.45, 2.75) is 6.42 Å². The number of nitrogens with zero attached hydrogens (tertiary/aromatic N) is 1. The van der Waals surface area contributed by atoms with Crippen molar-refractivity contribution in [1.82, 2.24) is 4.98 Å². The maximum Gasteiger partial charge on any atom is 0.185 e. The summed E-state index contributed by atoms with van der Waals surface area (Å²) in [4.78, 5) is 16.6. The number of rotatable bonds is 3. The summed E-state index contributed by atoms with van der Waals surface area (Å²) < 4.78 is 13.4. The highest BCUT2D eigenvalue weighted by Gasteiger charge is 2.13. The molecule has 0 saturated heterocycles. The van der Waals surface area contributed by atoms with Crippen molar-refractivity contribution in [2.24, 2.45) is 0 Å². The van der Waals surface area contributed by atoms with Gasteiger partial charge in [-0.15, -0.1) is 0 Å². The van der Waals surface area contributed by atoms with Gasteiger partial charge in [0.05, 0.1) is 10.5 Å². The zero-order valence-electron chi connectivity index (χ0n) is 11.0. The zero-order chi connectivity index (χ0) is 14.8. The second kappa shape index (κ2) is 5.62. The number of Topliss-reactive ketones (excluding diaryl/α,β-unsaturated/α-hetero) is 1. The minimum absolute atomic E-state index is 0.00774. The number of hydrogen-bond donors (Lipinski definition) is 0. The number of benzene rings is 2. The fourth-order valence-corrected chi connectivity index (χ4v) is 2.36. The van der Waals surface area contributed by atoms with Gasteiger partial charge in [-0.1, -0.05) is 48.0 Å². The molecule has 0 saturated carbocycles. The molecule has 1 aromatic heterocycles. The molecule has 0 aliphatic heterocycles. The molecule has 2 aromatic carbocycles. The van der Waals surface area contributed by atoms with Crippen LogP contribution in [-0.2, 0) is 6.42 Å². The molecule has 0 amide bonds. The lowest BCUT2D eigenvalue weighted by atomic mass is 10.1. The SMILES string of the molecule is O=C(Cc1cccc(F)c1Cl)c1ccc2ccccc2n1. The largest absolute Gasteiger partial charge is 0.292 e. The van der Waals surface area contributed by atoms with E-state index in [1.165, 1.54) is 12.1 Å². The molecule has 0 spiro atoms. The Labute approximate surface area is 126 Å². The number of carbonyl (C=O) groups excluding carboxylic acids is 1. The van der Waals surface area contributed by atoms with Crippen molar-refractivity contribution in [1.29, 1.82) is 0 Å². The molecule has 0 aliphatic rings. The summed E-state index contributed by atoms with van der Waals surface area (Å²) in [5, 5.41) is 0.962. The van der Waals surface area contributed by atoms with E-state index in [-0.39, 0.29) is 17.2 Å². The average Bonchev–Trinajstić information content (AvgIpc) is 2.51. The van der Waals surface area contributed by atoms with Crippen molar-refractivity contribution in [3.8, 4) is 0 Å². The van der Waals surface area contributed by atoms with Crippen LogP contribution < -0.4 is 0 Å². The summed E-state index contributed by atoms with van der Waals surface area (Å²) in [7, 11) is 0. The van der Waals surface area contributed by atoms with Gasteiger partial charge in [-0.3, -0.25) is 4.79 Å². The maximum absolute atomic E-state index is 13.4. The molecule has 0 bridgehead atoms. The van der Waals surface area contributed by atoms with E-state index >= 15 is 0 Å². The standard InChI is InChI=1S/C17H11ClFNO/c18-17-12(5-3-6-13(17)19)10-16(21)15-9-8-11-4-1-2-7-14(11)20-15/h1-9H,10H2. The molecule has 3 aromatic rings. The average molecular weight is 300 g/mol. The Morgan fingerprint density at radius 2 is 1.86 bits per heavy atom. The third-order valence-corrected chi connectivity index (χ3v) is 3.69. The Balaban J connectivity index is 1.91. The van der Waals surface area contributed by atoms with Crippen molar-refractivity contribution >= 4 is 28.3 Å². The van der Waals surface area contributed by atoms with Crippen LogP contribution in [0.3, 0.4) is 0 Å². The second-order valence-corrected chi connectivity index (χ2v) is 5.08. The van der Waals surface area contributed by atoms with Crippen LogP contribution in [-0.4, -0.2) is 10.8 Å². The van der Waals surface area contributed by atoms with Gasteiger partial charge in [0.1, 0.15) is 11.5 Å². The van der Waals surface area contributed by atoms with Crippen LogP contribution >= 0.6 is 11.6 Å². The zero-order valence-corrected chi connectivity index (χ0v) is 11.8. The molecule has 104 valence electrons. The first-order chi connectivity index (χ1) is 10.1. The van der Waals surface area contributed by atoms with E-state index in [0.29, 0.717) is 11.3 Å². The fourth-order valence-electron chi connectivity index (χ4n) is 2.17. The van der Waals surface area contributed by atoms with Crippen LogP contribution in [0.25, 0.3) is 10.9 Å². The lowest BCUT2D eigenvalue weighted by Crippen LogP contribution is -2.07. The quantitative estimate of drug-likeness (QED) is 0.669. The Morgan fingerprint density at radius 1 is 1.05 bits per heavy atom. The summed E-state index contributed by atoms with van der Waals surface area (Å²) in [6.07, 6.45) is 0.0297. The molecule has 0 aliphatic carbocycles. The highest BCUT2D eigenvalue weighted by atomic mass is 35.5. The summed E-state index contributed by atoms with van der Waals surface area (Å²) in [6, 6.07) is 15.5. The second-order valence-electron chi connectivity index (χ2n) is 4.70. The molecular weight excluding hydrogens is 289 g/mol. The van der Waals surface area contributed by atoms with Gasteiger partial charge in [-0.05, 0) is 23.8 Å². The summed E-state index contributed by atoms with van der Waals surface area (Å²) in [5.41, 5.74) is 1.58. The number of aromatic nitrogens is 1. The van der Waals surface area contributed by atoms with E-state index in [1.54, 1.807) is 12.1 Å². The van der Waals surface area contributed by atoms with Crippen LogP contribution in [0, 0.1) is 5.82 Å². The van der Waals surface area contributed by atoms with Crippen molar-refractivity contribution in [3.05, 3.63) is 76.7 Å². The number of ketones is 1. The Hall–Kier alpha value is -2.26. The van der Waals surface area contributed by atoms with Gasteiger partial charge in [0.2, 0.25) is 0 Å². The fraction of sp³-hybridized carbons (Fsp3) is 0.0588. The molecule has 0 N–H and O–H groups in total. The van der Waals surface area contributed by atoms with Crippen LogP contribution in [0.5, 0.6) is 0 Å². The molecule has 2 nitrogen and oxygen atoms in total. The molecule has 1 heterocycles. The van der Waals surface area contributed by atoms with E-state index in [4.69, 9.17) is 11.6 Å². The molecule has 0 unspecified atom stereocenters. The van der Waals surface area contributed by atoms with Crippen LogP contribution in [0.2, 0.25) is 5.02 Å². The van der Waals surface area contributed by atoms with Crippen LogP contribution in [0.1, 0.15) is 16.1 Å². The first-order valence-electron chi connectivity index (χ1n) is 6.47. The third-order valence-electron chi connectivity index (χ3n) is 3.27. The van der Waals surface area contributed by atoms with Gasteiger partial charge in [-0.25, -0.2) is 9.37 Å². The normalized spacial score (nSPS) is 10.8. The summed E-state index contributed by atoms with van der Waals surface area (Å²) in [5.74, 6) is -0.707. The smallest absolute Gasteiger partial charge is 0.185 e. The highest BCUT2D eigenvalue weighted by Crippen LogP contribution is 2.21. The molecule has 21 heavy (non-hydrogen) atoms. The summed E-state index contributed by atoms with van der Waals surface area (Å²) >= 11 is 5.87. The van der Waals surface area contributed by atoms with Gasteiger partial charge in [-0.2, -0.15) is 0 Å². The van der Waals surface area contributed by atoms with Crippen molar-refractivity contribution in [2.75, 3.05) is 0 Å². The third kappa shape index (κ3) is 2.78. The first kappa shape index (κ1) is 13.7. The lowest BCUT2D eigenvalue weighted by molar-refractivity contribution is 0.0988. The van der Waals surface area contributed by atoms with E-state index in [9.17, 15) is 9.18 Å². The molecule has 3 rings (SSSR count). The number of para-hydroxylation sites is 1. The molecule has 0 atom stereocenters. The monoisotopic (exact) mass is 299 g/mol.